The van der Waals surface area contributed by atoms with E-state index in [9.17, 15) is 18.0 Å². The molecule has 1 atom stereocenters. The number of halogens is 3. The van der Waals surface area contributed by atoms with Gasteiger partial charge < -0.3 is 15.2 Å². The molecule has 2 rings (SSSR count). The predicted molar refractivity (Wildman–Crippen MR) is 82.7 cm³/mol. The molecule has 128 valence electrons. The Morgan fingerprint density at radius 1 is 1.12 bits per heavy atom. The standard InChI is InChI=1S/C17H16F3NO3/c1-10(11-3-5-12(6-4-11)16(22)23-2)24-13-7-8-15(21)14(9-13)17(18,19)20/h3-10H,21H2,1-2H3. The minimum absolute atomic E-state index is 0.0565. The normalized spacial score (nSPS) is 12.5. The number of hydrogen-bond donors (Lipinski definition) is 1. The van der Waals surface area contributed by atoms with E-state index in [0.29, 0.717) is 11.1 Å². The van der Waals surface area contributed by atoms with Gasteiger partial charge in [-0.05, 0) is 42.8 Å². The van der Waals surface area contributed by atoms with Crippen LogP contribution in [0.5, 0.6) is 5.75 Å². The summed E-state index contributed by atoms with van der Waals surface area (Å²) in [6.07, 6.45) is -5.06. The van der Waals surface area contributed by atoms with Crippen LogP contribution in [-0.4, -0.2) is 13.1 Å². The molecule has 0 bridgehead atoms. The molecule has 0 radical (unpaired) electrons. The molecule has 0 aliphatic rings. The molecule has 0 aromatic heterocycles. The molecule has 7 heteroatoms. The van der Waals surface area contributed by atoms with Crippen LogP contribution in [0.25, 0.3) is 0 Å². The maximum absolute atomic E-state index is 12.9. The van der Waals surface area contributed by atoms with Crippen LogP contribution in [-0.2, 0) is 10.9 Å². The smallest absolute Gasteiger partial charge is 0.418 e. The number of rotatable bonds is 4. The Labute approximate surface area is 137 Å². The molecule has 1 unspecified atom stereocenters. The van der Waals surface area contributed by atoms with Crippen LogP contribution >= 0.6 is 0 Å². The van der Waals surface area contributed by atoms with Crippen molar-refractivity contribution in [2.75, 3.05) is 12.8 Å². The van der Waals surface area contributed by atoms with Crippen LogP contribution in [0.2, 0.25) is 0 Å². The molecule has 0 amide bonds. The Kier molecular flexibility index (Phi) is 5.02. The fraction of sp³-hybridized carbons (Fsp3) is 0.235. The van der Waals surface area contributed by atoms with Crippen LogP contribution in [0.15, 0.2) is 42.5 Å². The highest BCUT2D eigenvalue weighted by Gasteiger charge is 2.33. The van der Waals surface area contributed by atoms with Crippen molar-refractivity contribution < 1.29 is 27.4 Å². The van der Waals surface area contributed by atoms with Crippen LogP contribution in [0, 0.1) is 0 Å². The van der Waals surface area contributed by atoms with Gasteiger partial charge >= 0.3 is 12.1 Å². The van der Waals surface area contributed by atoms with Crippen LogP contribution in [0.1, 0.15) is 34.5 Å². The highest BCUT2D eigenvalue weighted by atomic mass is 19.4. The van der Waals surface area contributed by atoms with Gasteiger partial charge in [0.25, 0.3) is 0 Å². The SMILES string of the molecule is COC(=O)c1ccc(C(C)Oc2ccc(N)c(C(F)(F)F)c2)cc1. The van der Waals surface area contributed by atoms with Crippen molar-refractivity contribution in [1.82, 2.24) is 0 Å². The summed E-state index contributed by atoms with van der Waals surface area (Å²) in [6.45, 7) is 1.69. The molecule has 2 aromatic rings. The number of methoxy groups -OCH3 is 1. The highest BCUT2D eigenvalue weighted by molar-refractivity contribution is 5.89. The largest absolute Gasteiger partial charge is 0.486 e. The van der Waals surface area contributed by atoms with Crippen molar-refractivity contribution in [2.45, 2.75) is 19.2 Å². The average Bonchev–Trinajstić information content (AvgIpc) is 2.55. The third kappa shape index (κ3) is 3.98. The number of benzene rings is 2. The summed E-state index contributed by atoms with van der Waals surface area (Å²) < 4.78 is 48.7. The Morgan fingerprint density at radius 2 is 1.75 bits per heavy atom. The summed E-state index contributed by atoms with van der Waals surface area (Å²) in [5.74, 6) is -0.412. The fourth-order valence-corrected chi connectivity index (χ4v) is 2.13. The first-order valence-corrected chi connectivity index (χ1v) is 7.04. The van der Waals surface area contributed by atoms with Crippen molar-refractivity contribution in [3.05, 3.63) is 59.2 Å². The molecular formula is C17H16F3NO3. The van der Waals surface area contributed by atoms with Crippen molar-refractivity contribution in [1.29, 1.82) is 0 Å². The Bertz CT molecular complexity index is 727. The number of nitrogen functional groups attached to an aromatic ring is 1. The summed E-state index contributed by atoms with van der Waals surface area (Å²) in [6, 6.07) is 9.83. The summed E-state index contributed by atoms with van der Waals surface area (Å²) >= 11 is 0. The van der Waals surface area contributed by atoms with Gasteiger partial charge in [-0.3, -0.25) is 0 Å². The molecule has 0 spiro atoms. The third-order valence-corrected chi connectivity index (χ3v) is 3.44. The van der Waals surface area contributed by atoms with Gasteiger partial charge in [-0.15, -0.1) is 0 Å². The van der Waals surface area contributed by atoms with E-state index in [0.717, 1.165) is 12.1 Å². The number of anilines is 1. The van der Waals surface area contributed by atoms with Gasteiger partial charge in [0.1, 0.15) is 11.9 Å². The van der Waals surface area contributed by atoms with Crippen molar-refractivity contribution in [2.24, 2.45) is 0 Å². The lowest BCUT2D eigenvalue weighted by Crippen LogP contribution is -2.10. The number of esters is 1. The lowest BCUT2D eigenvalue weighted by atomic mass is 10.1. The first-order valence-electron chi connectivity index (χ1n) is 7.04. The Balaban J connectivity index is 2.18. The van der Waals surface area contributed by atoms with Crippen LogP contribution < -0.4 is 10.5 Å². The topological polar surface area (TPSA) is 61.5 Å². The number of nitrogens with two attached hydrogens (primary N) is 1. The number of alkyl halides is 3. The lowest BCUT2D eigenvalue weighted by molar-refractivity contribution is -0.137. The predicted octanol–water partition coefficient (Wildman–Crippen LogP) is 4.21. The van der Waals surface area contributed by atoms with Crippen LogP contribution in [0.4, 0.5) is 18.9 Å². The molecule has 0 fully saturated rings. The third-order valence-electron chi connectivity index (χ3n) is 3.44. The number of carbonyl (C=O) groups is 1. The zero-order valence-electron chi connectivity index (χ0n) is 13.1. The summed E-state index contributed by atoms with van der Waals surface area (Å²) in [4.78, 5) is 11.4. The average molecular weight is 339 g/mol. The summed E-state index contributed by atoms with van der Waals surface area (Å²) in [5.41, 5.74) is 5.14. The van der Waals surface area contributed by atoms with E-state index in [-0.39, 0.29) is 11.4 Å². The molecule has 0 heterocycles. The molecule has 0 saturated carbocycles. The minimum Gasteiger partial charge on any atom is -0.486 e. The molecule has 2 N–H and O–H groups in total. The maximum atomic E-state index is 12.9. The molecule has 0 saturated heterocycles. The van der Waals surface area contributed by atoms with Crippen molar-refractivity contribution in [3.63, 3.8) is 0 Å². The van der Waals surface area contributed by atoms with Gasteiger partial charge in [-0.2, -0.15) is 13.2 Å². The fourth-order valence-electron chi connectivity index (χ4n) is 2.13. The van der Waals surface area contributed by atoms with Gasteiger partial charge in [0.15, 0.2) is 0 Å². The molecule has 0 aliphatic carbocycles. The number of carbonyl (C=O) groups excluding carboxylic acids is 1. The van der Waals surface area contributed by atoms with E-state index in [4.69, 9.17) is 10.5 Å². The highest BCUT2D eigenvalue weighted by Crippen LogP contribution is 2.36. The zero-order chi connectivity index (χ0) is 17.9. The summed E-state index contributed by atoms with van der Waals surface area (Å²) in [7, 11) is 1.28. The minimum atomic E-state index is -4.55. The molecule has 24 heavy (non-hydrogen) atoms. The van der Waals surface area contributed by atoms with E-state index in [1.807, 2.05) is 0 Å². The summed E-state index contributed by atoms with van der Waals surface area (Å²) in [5, 5.41) is 0. The maximum Gasteiger partial charge on any atom is 0.418 e. The second kappa shape index (κ2) is 6.82. The van der Waals surface area contributed by atoms with Crippen molar-refractivity contribution in [3.8, 4) is 5.75 Å². The van der Waals surface area contributed by atoms with Gasteiger partial charge in [-0.1, -0.05) is 12.1 Å². The van der Waals surface area contributed by atoms with Gasteiger partial charge in [0.05, 0.1) is 18.2 Å². The molecule has 0 aliphatic heterocycles. The van der Waals surface area contributed by atoms with Gasteiger partial charge in [0, 0.05) is 5.69 Å². The van der Waals surface area contributed by atoms with E-state index in [1.54, 1.807) is 31.2 Å². The van der Waals surface area contributed by atoms with E-state index < -0.39 is 23.8 Å². The monoisotopic (exact) mass is 339 g/mol. The quantitative estimate of drug-likeness (QED) is 0.669. The van der Waals surface area contributed by atoms with E-state index >= 15 is 0 Å². The second-order valence-corrected chi connectivity index (χ2v) is 5.12. The van der Waals surface area contributed by atoms with Crippen molar-refractivity contribution >= 4 is 11.7 Å². The number of ether oxygens (including phenoxy) is 2. The Hall–Kier alpha value is -2.70. The Morgan fingerprint density at radius 3 is 2.29 bits per heavy atom. The first-order chi connectivity index (χ1) is 11.2. The van der Waals surface area contributed by atoms with Gasteiger partial charge in [-0.25, -0.2) is 4.79 Å². The molecular weight excluding hydrogens is 323 g/mol. The lowest BCUT2D eigenvalue weighted by Gasteiger charge is -2.17. The molecule has 4 nitrogen and oxygen atoms in total. The van der Waals surface area contributed by atoms with Gasteiger partial charge in [0.2, 0.25) is 0 Å². The first kappa shape index (κ1) is 17.7. The van der Waals surface area contributed by atoms with E-state index in [1.165, 1.54) is 13.2 Å². The second-order valence-electron chi connectivity index (χ2n) is 5.12. The zero-order valence-corrected chi connectivity index (χ0v) is 13.1. The molecule has 2 aromatic carbocycles. The van der Waals surface area contributed by atoms with E-state index in [2.05, 4.69) is 4.74 Å². The van der Waals surface area contributed by atoms with Crippen LogP contribution in [0.3, 0.4) is 0 Å². The number of hydrogen-bond acceptors (Lipinski definition) is 4.